The van der Waals surface area contributed by atoms with Crippen LogP contribution in [0.25, 0.3) is 0 Å². The van der Waals surface area contributed by atoms with Crippen molar-refractivity contribution in [3.8, 4) is 0 Å². The van der Waals surface area contributed by atoms with Crippen molar-refractivity contribution in [3.63, 3.8) is 0 Å². The Kier molecular flexibility index (Phi) is 6.75. The standard InChI is InChI=1S/C28H28O3S/c1-20-24(29-17-21-11-5-2-6-12-21)25(30-18-22-13-7-3-8-14-22)26(28-27(20)32-28)31-19-23-15-9-4-10-16-23/h2-16,24-28H,1,17-19H2/t24-,25+,26-,27+,28-/m1/s1. The van der Waals surface area contributed by atoms with Crippen LogP contribution in [0.1, 0.15) is 16.7 Å². The van der Waals surface area contributed by atoms with Crippen molar-refractivity contribution in [2.45, 2.75) is 48.6 Å². The monoisotopic (exact) mass is 444 g/mol. The van der Waals surface area contributed by atoms with E-state index in [0.717, 1.165) is 16.7 Å². The average Bonchev–Trinajstić information content (AvgIpc) is 3.65. The number of thioether (sulfide) groups is 1. The highest BCUT2D eigenvalue weighted by atomic mass is 32.2. The van der Waals surface area contributed by atoms with Crippen LogP contribution in [0.2, 0.25) is 0 Å². The highest BCUT2D eigenvalue weighted by Gasteiger charge is 2.58. The second-order valence-corrected chi connectivity index (χ2v) is 9.66. The van der Waals surface area contributed by atoms with Gasteiger partial charge in [0, 0.05) is 5.25 Å². The van der Waals surface area contributed by atoms with Crippen LogP contribution in [0.4, 0.5) is 0 Å². The molecule has 0 N–H and O–H groups in total. The molecule has 2 aliphatic rings. The Hall–Kier alpha value is -2.37. The molecule has 164 valence electrons. The molecule has 1 aliphatic heterocycles. The van der Waals surface area contributed by atoms with Gasteiger partial charge < -0.3 is 14.2 Å². The van der Waals surface area contributed by atoms with Gasteiger partial charge in [-0.1, -0.05) is 97.6 Å². The maximum atomic E-state index is 6.51. The topological polar surface area (TPSA) is 27.7 Å². The van der Waals surface area contributed by atoms with E-state index in [2.05, 4.69) is 43.0 Å². The Morgan fingerprint density at radius 3 is 1.53 bits per heavy atom. The molecular formula is C28H28O3S. The third-order valence-electron chi connectivity index (χ3n) is 6.05. The van der Waals surface area contributed by atoms with Crippen molar-refractivity contribution in [2.75, 3.05) is 0 Å². The van der Waals surface area contributed by atoms with Crippen LogP contribution in [0.5, 0.6) is 0 Å². The maximum Gasteiger partial charge on any atom is 0.115 e. The average molecular weight is 445 g/mol. The molecule has 1 aliphatic carbocycles. The molecule has 3 aromatic carbocycles. The predicted octanol–water partition coefficient (Wildman–Crippen LogP) is 5.80. The first-order valence-corrected chi connectivity index (χ1v) is 12.0. The van der Waals surface area contributed by atoms with Gasteiger partial charge in [-0.3, -0.25) is 0 Å². The lowest BCUT2D eigenvalue weighted by atomic mass is 9.87. The summed E-state index contributed by atoms with van der Waals surface area (Å²) in [6, 6.07) is 30.9. The minimum atomic E-state index is -0.202. The zero-order valence-electron chi connectivity index (χ0n) is 18.0. The smallest absolute Gasteiger partial charge is 0.115 e. The Morgan fingerprint density at radius 1 is 0.594 bits per heavy atom. The zero-order valence-corrected chi connectivity index (χ0v) is 18.8. The molecule has 3 nitrogen and oxygen atoms in total. The highest BCUT2D eigenvalue weighted by Crippen LogP contribution is 2.55. The number of ether oxygens (including phenoxy) is 3. The summed E-state index contributed by atoms with van der Waals surface area (Å²) in [5, 5.41) is 0.761. The molecule has 5 rings (SSSR count). The summed E-state index contributed by atoms with van der Waals surface area (Å²) >= 11 is 1.92. The van der Waals surface area contributed by atoms with Gasteiger partial charge in [-0.05, 0) is 22.3 Å². The second kappa shape index (κ2) is 10.1. The van der Waals surface area contributed by atoms with Crippen molar-refractivity contribution in [2.24, 2.45) is 0 Å². The van der Waals surface area contributed by atoms with Crippen LogP contribution < -0.4 is 0 Å². The van der Waals surface area contributed by atoms with E-state index in [0.29, 0.717) is 30.3 Å². The van der Waals surface area contributed by atoms with Gasteiger partial charge in [0.05, 0.1) is 25.1 Å². The number of rotatable bonds is 9. The molecule has 4 heteroatoms. The zero-order chi connectivity index (χ0) is 21.8. The summed E-state index contributed by atoms with van der Waals surface area (Å²) in [5.74, 6) is 0. The minimum absolute atomic E-state index is 0.0415. The molecule has 32 heavy (non-hydrogen) atoms. The SMILES string of the molecule is C=C1[C@@H](OCc2ccccc2)[C@H](OCc2ccccc2)[C@@H](OCc2ccccc2)[C@H]2S[C@@H]12. The van der Waals surface area contributed by atoms with Crippen LogP contribution in [-0.4, -0.2) is 28.8 Å². The third-order valence-corrected chi connectivity index (χ3v) is 7.47. The molecule has 2 fully saturated rings. The lowest BCUT2D eigenvalue weighted by Crippen LogP contribution is -2.51. The van der Waals surface area contributed by atoms with E-state index in [1.807, 2.05) is 66.4 Å². The first-order chi connectivity index (χ1) is 15.8. The Labute approximate surface area is 194 Å². The van der Waals surface area contributed by atoms with Crippen LogP contribution in [0.15, 0.2) is 103 Å². The summed E-state index contributed by atoms with van der Waals surface area (Å²) in [7, 11) is 0. The summed E-state index contributed by atoms with van der Waals surface area (Å²) in [6.07, 6.45) is -0.442. The van der Waals surface area contributed by atoms with E-state index >= 15 is 0 Å². The second-order valence-electron chi connectivity index (χ2n) is 8.34. The van der Waals surface area contributed by atoms with E-state index in [1.54, 1.807) is 0 Å². The van der Waals surface area contributed by atoms with Crippen LogP contribution in [-0.2, 0) is 34.0 Å². The van der Waals surface area contributed by atoms with Gasteiger partial charge in [-0.15, -0.1) is 11.8 Å². The number of benzene rings is 3. The van der Waals surface area contributed by atoms with Gasteiger partial charge >= 0.3 is 0 Å². The number of hydrogen-bond acceptors (Lipinski definition) is 4. The molecule has 3 aromatic rings. The highest BCUT2D eigenvalue weighted by molar-refractivity contribution is 8.08. The summed E-state index contributed by atoms with van der Waals surface area (Å²) in [4.78, 5) is 0. The third kappa shape index (κ3) is 5.00. The molecule has 0 radical (unpaired) electrons. The lowest BCUT2D eigenvalue weighted by molar-refractivity contribution is -0.146. The van der Waals surface area contributed by atoms with Gasteiger partial charge in [0.15, 0.2) is 0 Å². The van der Waals surface area contributed by atoms with Crippen LogP contribution >= 0.6 is 11.8 Å². The van der Waals surface area contributed by atoms with E-state index in [4.69, 9.17) is 14.2 Å². The maximum absolute atomic E-state index is 6.51. The minimum Gasteiger partial charge on any atom is -0.370 e. The molecule has 0 spiro atoms. The largest absolute Gasteiger partial charge is 0.370 e. The van der Waals surface area contributed by atoms with E-state index in [1.165, 1.54) is 5.56 Å². The van der Waals surface area contributed by atoms with Gasteiger partial charge in [-0.25, -0.2) is 0 Å². The van der Waals surface area contributed by atoms with E-state index in [9.17, 15) is 0 Å². The summed E-state index contributed by atoms with van der Waals surface area (Å²) in [5.41, 5.74) is 4.58. The molecule has 0 aromatic heterocycles. The molecule has 1 heterocycles. The van der Waals surface area contributed by atoms with Crippen molar-refractivity contribution < 1.29 is 14.2 Å². The Bertz CT molecular complexity index is 1010. The first-order valence-electron chi connectivity index (χ1n) is 11.1. The fourth-order valence-electron chi connectivity index (χ4n) is 4.27. The normalized spacial score (nSPS) is 26.5. The van der Waals surface area contributed by atoms with Gasteiger partial charge in [0.2, 0.25) is 0 Å². The van der Waals surface area contributed by atoms with E-state index < -0.39 is 0 Å². The van der Waals surface area contributed by atoms with Crippen LogP contribution in [0.3, 0.4) is 0 Å². The molecular weight excluding hydrogens is 416 g/mol. The quantitative estimate of drug-likeness (QED) is 0.308. The Balaban J connectivity index is 1.34. The molecule has 5 atom stereocenters. The number of hydrogen-bond donors (Lipinski definition) is 0. The van der Waals surface area contributed by atoms with Crippen molar-refractivity contribution >= 4 is 11.8 Å². The number of fused-ring (bicyclic) bond motifs is 1. The van der Waals surface area contributed by atoms with Crippen molar-refractivity contribution in [3.05, 3.63) is 120 Å². The molecule has 1 saturated carbocycles. The molecule has 0 bridgehead atoms. The van der Waals surface area contributed by atoms with Crippen LogP contribution in [0, 0.1) is 0 Å². The molecule has 0 unspecified atom stereocenters. The summed E-state index contributed by atoms with van der Waals surface area (Å²) < 4.78 is 19.4. The molecule has 0 amide bonds. The van der Waals surface area contributed by atoms with Crippen molar-refractivity contribution in [1.29, 1.82) is 0 Å². The fraction of sp³-hybridized carbons (Fsp3) is 0.286. The lowest BCUT2D eigenvalue weighted by Gasteiger charge is -2.38. The molecule has 1 saturated heterocycles. The van der Waals surface area contributed by atoms with Crippen molar-refractivity contribution in [1.82, 2.24) is 0 Å². The fourth-order valence-corrected chi connectivity index (χ4v) is 5.55. The first kappa shape index (κ1) is 21.5. The van der Waals surface area contributed by atoms with Gasteiger partial charge in [0.25, 0.3) is 0 Å². The Morgan fingerprint density at radius 2 is 1.03 bits per heavy atom. The summed E-state index contributed by atoms with van der Waals surface area (Å²) in [6.45, 7) is 6.03. The predicted molar refractivity (Wildman–Crippen MR) is 129 cm³/mol. The van der Waals surface area contributed by atoms with Gasteiger partial charge in [0.1, 0.15) is 18.3 Å². The van der Waals surface area contributed by atoms with Gasteiger partial charge in [-0.2, -0.15) is 0 Å². The van der Waals surface area contributed by atoms with E-state index in [-0.39, 0.29) is 18.3 Å².